The number of aliphatic hydroxyl groups excluding tert-OH is 1. The van der Waals surface area contributed by atoms with Crippen LogP contribution in [-0.2, 0) is 0 Å². The minimum Gasteiger partial charge on any atom is -0.493 e. The lowest BCUT2D eigenvalue weighted by Crippen LogP contribution is -2.25. The molecule has 0 aliphatic heterocycles. The van der Waals surface area contributed by atoms with Gasteiger partial charge in [0.1, 0.15) is 5.75 Å². The van der Waals surface area contributed by atoms with Crippen LogP contribution >= 0.6 is 0 Å². The van der Waals surface area contributed by atoms with E-state index in [0.717, 1.165) is 11.3 Å². The zero-order chi connectivity index (χ0) is 10.6. The van der Waals surface area contributed by atoms with Crippen LogP contribution in [0.1, 0.15) is 19.4 Å². The largest absolute Gasteiger partial charge is 0.493 e. The number of hydrogen-bond acceptors (Lipinski definition) is 2. The number of hydrogen-bond donors (Lipinski definition) is 1. The highest BCUT2D eigenvalue weighted by Gasteiger charge is 2.17. The fourth-order valence-electron chi connectivity index (χ4n) is 1.04. The lowest BCUT2D eigenvalue weighted by atomic mass is 9.96. The van der Waals surface area contributed by atoms with Gasteiger partial charge >= 0.3 is 0 Å². The predicted octanol–water partition coefficient (Wildman–Crippen LogP) is 2.39. The summed E-state index contributed by atoms with van der Waals surface area (Å²) in [5.74, 6) is 0.897. The Labute approximate surface area is 85.5 Å². The Kier molecular flexibility index (Phi) is 3.53. The summed E-state index contributed by atoms with van der Waals surface area (Å²) in [6.45, 7) is 6.64. The third kappa shape index (κ3) is 3.04. The Morgan fingerprint density at radius 1 is 1.29 bits per heavy atom. The molecule has 0 saturated carbocycles. The second-order valence-corrected chi connectivity index (χ2v) is 4.38. The predicted molar refractivity (Wildman–Crippen MR) is 57.5 cm³/mol. The zero-order valence-electron chi connectivity index (χ0n) is 9.08. The van der Waals surface area contributed by atoms with E-state index in [0.29, 0.717) is 6.61 Å². The van der Waals surface area contributed by atoms with Gasteiger partial charge in [-0.3, -0.25) is 0 Å². The smallest absolute Gasteiger partial charge is 0.122 e. The first-order valence-corrected chi connectivity index (χ1v) is 4.84. The summed E-state index contributed by atoms with van der Waals surface area (Å²) in [6.07, 6.45) is 0. The highest BCUT2D eigenvalue weighted by molar-refractivity contribution is 5.31. The first-order valence-electron chi connectivity index (χ1n) is 4.84. The molecule has 0 aliphatic carbocycles. The Morgan fingerprint density at radius 2 is 1.93 bits per heavy atom. The van der Waals surface area contributed by atoms with Gasteiger partial charge in [-0.25, -0.2) is 0 Å². The van der Waals surface area contributed by atoms with Crippen molar-refractivity contribution in [3.8, 4) is 5.75 Å². The van der Waals surface area contributed by atoms with Crippen molar-refractivity contribution in [2.24, 2.45) is 5.41 Å². The normalized spacial score (nSPS) is 11.4. The molecule has 0 amide bonds. The number of rotatable bonds is 4. The quantitative estimate of drug-likeness (QED) is 0.797. The molecule has 0 aliphatic rings. The van der Waals surface area contributed by atoms with E-state index >= 15 is 0 Å². The van der Waals surface area contributed by atoms with Crippen LogP contribution in [0.5, 0.6) is 5.75 Å². The summed E-state index contributed by atoms with van der Waals surface area (Å²) in [5.41, 5.74) is 0.948. The molecule has 0 aromatic heterocycles. The molecule has 1 N–H and O–H groups in total. The van der Waals surface area contributed by atoms with Crippen LogP contribution in [0, 0.1) is 12.3 Å². The minimum atomic E-state index is -0.178. The van der Waals surface area contributed by atoms with Gasteiger partial charge in [-0.15, -0.1) is 0 Å². The van der Waals surface area contributed by atoms with Crippen molar-refractivity contribution >= 4 is 0 Å². The van der Waals surface area contributed by atoms with E-state index < -0.39 is 0 Å². The van der Waals surface area contributed by atoms with Crippen LogP contribution in [0.2, 0.25) is 0 Å². The number of benzene rings is 1. The van der Waals surface area contributed by atoms with Gasteiger partial charge in [0.2, 0.25) is 0 Å². The number of aliphatic hydroxyl groups is 1. The number of para-hydroxylation sites is 1. The first-order chi connectivity index (χ1) is 6.55. The van der Waals surface area contributed by atoms with Gasteiger partial charge in [0, 0.05) is 5.41 Å². The maximum absolute atomic E-state index is 9.06. The average molecular weight is 194 g/mol. The Morgan fingerprint density at radius 3 is 2.50 bits per heavy atom. The minimum absolute atomic E-state index is 0.138. The van der Waals surface area contributed by atoms with Gasteiger partial charge in [0.25, 0.3) is 0 Å². The van der Waals surface area contributed by atoms with Gasteiger partial charge in [-0.2, -0.15) is 0 Å². The SMILES string of the molecule is Cc1ccccc1OCC(C)(C)CO. The van der Waals surface area contributed by atoms with E-state index in [2.05, 4.69) is 0 Å². The first kappa shape index (κ1) is 11.1. The fourth-order valence-corrected chi connectivity index (χ4v) is 1.04. The molecule has 14 heavy (non-hydrogen) atoms. The fraction of sp³-hybridized carbons (Fsp3) is 0.500. The highest BCUT2D eigenvalue weighted by atomic mass is 16.5. The van der Waals surface area contributed by atoms with Gasteiger partial charge < -0.3 is 9.84 Å². The van der Waals surface area contributed by atoms with Crippen molar-refractivity contribution in [3.05, 3.63) is 29.8 Å². The van der Waals surface area contributed by atoms with Crippen molar-refractivity contribution in [1.29, 1.82) is 0 Å². The van der Waals surface area contributed by atoms with Crippen LogP contribution in [0.15, 0.2) is 24.3 Å². The summed E-state index contributed by atoms with van der Waals surface area (Å²) >= 11 is 0. The molecule has 0 radical (unpaired) electrons. The second-order valence-electron chi connectivity index (χ2n) is 4.38. The second kappa shape index (κ2) is 4.47. The molecule has 0 spiro atoms. The summed E-state index contributed by atoms with van der Waals surface area (Å²) in [4.78, 5) is 0. The third-order valence-corrected chi connectivity index (χ3v) is 2.14. The van der Waals surface area contributed by atoms with Crippen molar-refractivity contribution < 1.29 is 9.84 Å². The summed E-state index contributed by atoms with van der Waals surface area (Å²) < 4.78 is 5.63. The van der Waals surface area contributed by atoms with Crippen molar-refractivity contribution in [2.75, 3.05) is 13.2 Å². The van der Waals surface area contributed by atoms with Gasteiger partial charge in [0.05, 0.1) is 13.2 Å². The molecular weight excluding hydrogens is 176 g/mol. The molecule has 1 rings (SSSR count). The Bertz CT molecular complexity index is 292. The molecule has 1 aromatic rings. The lowest BCUT2D eigenvalue weighted by molar-refractivity contribution is 0.0972. The van der Waals surface area contributed by atoms with E-state index in [1.165, 1.54) is 0 Å². The summed E-state index contributed by atoms with van der Waals surface area (Å²) in [5, 5.41) is 9.06. The van der Waals surface area contributed by atoms with E-state index in [1.807, 2.05) is 45.0 Å². The standard InChI is InChI=1S/C12H18O2/c1-10-6-4-5-7-11(10)14-9-12(2,3)8-13/h4-7,13H,8-9H2,1-3H3. The number of aryl methyl sites for hydroxylation is 1. The lowest BCUT2D eigenvalue weighted by Gasteiger charge is -2.22. The molecule has 2 nitrogen and oxygen atoms in total. The maximum Gasteiger partial charge on any atom is 0.122 e. The van der Waals surface area contributed by atoms with E-state index in [1.54, 1.807) is 0 Å². The third-order valence-electron chi connectivity index (χ3n) is 2.14. The molecule has 0 unspecified atom stereocenters. The zero-order valence-corrected chi connectivity index (χ0v) is 9.08. The molecule has 0 bridgehead atoms. The average Bonchev–Trinajstić information content (AvgIpc) is 2.17. The Balaban J connectivity index is 2.58. The van der Waals surface area contributed by atoms with Crippen LogP contribution < -0.4 is 4.74 Å². The molecule has 2 heteroatoms. The Hall–Kier alpha value is -1.02. The van der Waals surface area contributed by atoms with Gasteiger partial charge in [-0.05, 0) is 18.6 Å². The topological polar surface area (TPSA) is 29.5 Å². The molecular formula is C12H18O2. The molecule has 78 valence electrons. The summed E-state index contributed by atoms with van der Waals surface area (Å²) in [7, 11) is 0. The maximum atomic E-state index is 9.06. The van der Waals surface area contributed by atoms with Crippen molar-refractivity contribution in [3.63, 3.8) is 0 Å². The van der Waals surface area contributed by atoms with Crippen molar-refractivity contribution in [2.45, 2.75) is 20.8 Å². The van der Waals surface area contributed by atoms with E-state index in [9.17, 15) is 0 Å². The van der Waals surface area contributed by atoms with Crippen LogP contribution in [0.4, 0.5) is 0 Å². The van der Waals surface area contributed by atoms with Crippen LogP contribution in [0.25, 0.3) is 0 Å². The van der Waals surface area contributed by atoms with Crippen LogP contribution in [-0.4, -0.2) is 18.3 Å². The van der Waals surface area contributed by atoms with Crippen LogP contribution in [0.3, 0.4) is 0 Å². The highest BCUT2D eigenvalue weighted by Crippen LogP contribution is 2.20. The van der Waals surface area contributed by atoms with Gasteiger partial charge in [-0.1, -0.05) is 32.0 Å². The van der Waals surface area contributed by atoms with E-state index in [4.69, 9.17) is 9.84 Å². The van der Waals surface area contributed by atoms with Gasteiger partial charge in [0.15, 0.2) is 0 Å². The molecule has 0 atom stereocenters. The van der Waals surface area contributed by atoms with E-state index in [-0.39, 0.29) is 12.0 Å². The molecule has 0 fully saturated rings. The molecule has 0 saturated heterocycles. The monoisotopic (exact) mass is 194 g/mol. The van der Waals surface area contributed by atoms with Crippen molar-refractivity contribution in [1.82, 2.24) is 0 Å². The number of ether oxygens (including phenoxy) is 1. The molecule has 1 aromatic carbocycles. The molecule has 0 heterocycles. The summed E-state index contributed by atoms with van der Waals surface area (Å²) in [6, 6.07) is 7.90.